The third kappa shape index (κ3) is 4.23. The molecule has 3 heterocycles. The molecule has 1 atom stereocenters. The number of sulfonamides is 1. The van der Waals surface area contributed by atoms with Gasteiger partial charge < -0.3 is 0 Å². The standard InChI is InChI=1S/C21H24FN8O4S/c1-27-9-14(8-24-27)10-30-19(31)16-7-15(35(33,34)26-21(12-22)5-6-21)3-4-17(16)29(20(30)32)11-18-23-13-25-28(18)2/h3-4,7-9,13,15,26H,5-6,10-12H2,1-2H3/q+1. The molecule has 35 heavy (non-hydrogen) atoms. The fraction of sp³-hybridized carbons (Fsp3) is 0.429. The van der Waals surface area contributed by atoms with Crippen LogP contribution in [0.3, 0.4) is 0 Å². The first kappa shape index (κ1) is 23.2. The van der Waals surface area contributed by atoms with Gasteiger partial charge in [0.15, 0.2) is 12.4 Å². The lowest BCUT2D eigenvalue weighted by Crippen LogP contribution is -2.52. The molecule has 0 aromatic carbocycles. The first-order valence-corrected chi connectivity index (χ1v) is 12.5. The highest BCUT2D eigenvalue weighted by molar-refractivity contribution is 7.90. The van der Waals surface area contributed by atoms with Crippen LogP contribution in [0.4, 0.5) is 9.18 Å². The summed E-state index contributed by atoms with van der Waals surface area (Å²) in [6.07, 6.45) is 9.57. The summed E-state index contributed by atoms with van der Waals surface area (Å²) in [5, 5.41) is 6.91. The van der Waals surface area contributed by atoms with E-state index in [1.807, 2.05) is 0 Å². The fourth-order valence-corrected chi connectivity index (χ4v) is 5.69. The van der Waals surface area contributed by atoms with Gasteiger partial charge in [0.1, 0.15) is 36.1 Å². The van der Waals surface area contributed by atoms with Gasteiger partial charge in [-0.2, -0.15) is 24.5 Å². The highest BCUT2D eigenvalue weighted by Gasteiger charge is 2.49. The van der Waals surface area contributed by atoms with E-state index in [2.05, 4.69) is 19.9 Å². The molecule has 1 saturated carbocycles. The summed E-state index contributed by atoms with van der Waals surface area (Å²) in [6.45, 7) is -0.825. The van der Waals surface area contributed by atoms with E-state index in [4.69, 9.17) is 0 Å². The molecule has 0 bridgehead atoms. The summed E-state index contributed by atoms with van der Waals surface area (Å²) >= 11 is 0. The molecule has 0 saturated heterocycles. The number of amides is 3. The SMILES string of the molecule is Cn1cc(CN2C(=O)C3=CC(S(=O)(=O)NC4(CF)CC4)C=CC3=[N+](Cc3ncnn3C)C2=O)cn1. The van der Waals surface area contributed by atoms with Gasteiger partial charge in [0.25, 0.3) is 0 Å². The Balaban J connectivity index is 1.54. The van der Waals surface area contributed by atoms with Crippen LogP contribution in [0.25, 0.3) is 0 Å². The molecule has 2 aromatic rings. The zero-order chi connectivity index (χ0) is 25.0. The number of urea groups is 1. The molecule has 2 aliphatic carbocycles. The van der Waals surface area contributed by atoms with Crippen LogP contribution in [0.1, 0.15) is 24.2 Å². The van der Waals surface area contributed by atoms with E-state index in [-0.39, 0.29) is 24.4 Å². The maximum Gasteiger partial charge on any atom is 0.502 e. The van der Waals surface area contributed by atoms with Crippen molar-refractivity contribution in [2.45, 2.75) is 36.7 Å². The molecule has 2 aromatic heterocycles. The summed E-state index contributed by atoms with van der Waals surface area (Å²) in [6, 6.07) is -0.576. The van der Waals surface area contributed by atoms with E-state index < -0.39 is 39.4 Å². The molecule has 3 amide bonds. The van der Waals surface area contributed by atoms with Crippen LogP contribution in [-0.4, -0.2) is 77.6 Å². The maximum atomic E-state index is 13.4. The van der Waals surface area contributed by atoms with E-state index in [0.29, 0.717) is 24.2 Å². The molecular formula is C21H24FN8O4S+. The van der Waals surface area contributed by atoms with Crippen molar-refractivity contribution in [3.05, 3.63) is 53.9 Å². The van der Waals surface area contributed by atoms with Gasteiger partial charge >= 0.3 is 11.9 Å². The van der Waals surface area contributed by atoms with Crippen LogP contribution in [0, 0.1) is 0 Å². The minimum Gasteiger partial charge on any atom is -0.275 e. The number of alkyl halides is 1. The van der Waals surface area contributed by atoms with Gasteiger partial charge in [0, 0.05) is 25.9 Å². The number of nitrogens with one attached hydrogen (secondary N) is 1. The summed E-state index contributed by atoms with van der Waals surface area (Å²) in [7, 11) is -0.606. The Morgan fingerprint density at radius 2 is 2.03 bits per heavy atom. The number of hydrogen-bond acceptors (Lipinski definition) is 7. The summed E-state index contributed by atoms with van der Waals surface area (Å²) in [5.74, 6) is -0.149. The van der Waals surface area contributed by atoms with Crippen LogP contribution in [-0.2, 0) is 42.0 Å². The maximum absolute atomic E-state index is 13.4. The number of imide groups is 1. The van der Waals surface area contributed by atoms with Crippen molar-refractivity contribution < 1.29 is 27.0 Å². The van der Waals surface area contributed by atoms with Gasteiger partial charge in [-0.05, 0) is 25.0 Å². The number of aryl methyl sites for hydroxylation is 2. The Bertz CT molecular complexity index is 1420. The predicted octanol–water partition coefficient (Wildman–Crippen LogP) is -0.0492. The van der Waals surface area contributed by atoms with Gasteiger partial charge in [-0.1, -0.05) is 6.08 Å². The lowest BCUT2D eigenvalue weighted by molar-refractivity contribution is -0.455. The number of nitrogens with zero attached hydrogens (tertiary/aromatic N) is 7. The summed E-state index contributed by atoms with van der Waals surface area (Å²) in [5.41, 5.74) is -0.0968. The van der Waals surface area contributed by atoms with Crippen molar-refractivity contribution in [2.24, 2.45) is 14.1 Å². The Morgan fingerprint density at radius 3 is 2.63 bits per heavy atom. The molecule has 14 heteroatoms. The van der Waals surface area contributed by atoms with Crippen molar-refractivity contribution in [1.29, 1.82) is 0 Å². The molecule has 1 fully saturated rings. The number of fused-ring (bicyclic) bond motifs is 1. The number of carbonyl (C=O) groups is 2. The molecule has 1 aliphatic heterocycles. The monoisotopic (exact) mass is 503 g/mol. The van der Waals surface area contributed by atoms with Crippen LogP contribution < -0.4 is 4.72 Å². The van der Waals surface area contributed by atoms with Gasteiger partial charge in [-0.15, -0.1) is 0 Å². The smallest absolute Gasteiger partial charge is 0.275 e. The van der Waals surface area contributed by atoms with Crippen molar-refractivity contribution in [2.75, 3.05) is 6.67 Å². The molecule has 1 N–H and O–H groups in total. The number of rotatable bonds is 8. The first-order chi connectivity index (χ1) is 16.6. The average molecular weight is 504 g/mol. The van der Waals surface area contributed by atoms with Crippen LogP contribution in [0.15, 0.2) is 42.5 Å². The van der Waals surface area contributed by atoms with Crippen molar-refractivity contribution in [3.8, 4) is 0 Å². The second-order valence-electron chi connectivity index (χ2n) is 8.93. The van der Waals surface area contributed by atoms with Crippen molar-refractivity contribution in [3.63, 3.8) is 0 Å². The number of allylic oxidation sites excluding steroid dienone is 1. The Labute approximate surface area is 200 Å². The van der Waals surface area contributed by atoms with E-state index in [1.165, 1.54) is 33.8 Å². The van der Waals surface area contributed by atoms with Crippen molar-refractivity contribution >= 4 is 27.7 Å². The Kier molecular flexibility index (Phi) is 5.51. The van der Waals surface area contributed by atoms with E-state index in [0.717, 1.165) is 4.90 Å². The van der Waals surface area contributed by atoms with E-state index in [1.54, 1.807) is 31.2 Å². The van der Waals surface area contributed by atoms with E-state index >= 15 is 0 Å². The van der Waals surface area contributed by atoms with Gasteiger partial charge in [0.2, 0.25) is 10.0 Å². The number of hydrogen-bond donors (Lipinski definition) is 1. The molecule has 5 rings (SSSR count). The Hall–Kier alpha value is -3.52. The second-order valence-corrected chi connectivity index (χ2v) is 10.8. The largest absolute Gasteiger partial charge is 0.502 e. The van der Waals surface area contributed by atoms with Gasteiger partial charge in [-0.3, -0.25) is 4.68 Å². The minimum absolute atomic E-state index is 0.0177. The molecule has 3 aliphatic rings. The summed E-state index contributed by atoms with van der Waals surface area (Å²) in [4.78, 5) is 32.1. The van der Waals surface area contributed by atoms with Crippen LogP contribution in [0.5, 0.6) is 0 Å². The lowest BCUT2D eigenvalue weighted by atomic mass is 9.99. The molecule has 0 spiro atoms. The third-order valence-corrected chi connectivity index (χ3v) is 8.04. The molecule has 0 radical (unpaired) electrons. The molecular weight excluding hydrogens is 479 g/mol. The number of aromatic nitrogens is 5. The normalized spacial score (nSPS) is 21.4. The van der Waals surface area contributed by atoms with E-state index in [9.17, 15) is 22.4 Å². The molecule has 12 nitrogen and oxygen atoms in total. The molecule has 184 valence electrons. The number of halogens is 1. The third-order valence-electron chi connectivity index (χ3n) is 6.31. The highest BCUT2D eigenvalue weighted by atomic mass is 32.2. The van der Waals surface area contributed by atoms with Gasteiger partial charge in [0.05, 0.1) is 11.7 Å². The first-order valence-electron chi connectivity index (χ1n) is 10.9. The lowest BCUT2D eigenvalue weighted by Gasteiger charge is -2.26. The second kappa shape index (κ2) is 8.30. The topological polar surface area (TPSA) is 135 Å². The highest BCUT2D eigenvalue weighted by Crippen LogP contribution is 2.37. The Morgan fingerprint density at radius 1 is 1.26 bits per heavy atom. The molecule has 1 unspecified atom stereocenters. The zero-order valence-corrected chi connectivity index (χ0v) is 19.9. The predicted molar refractivity (Wildman–Crippen MR) is 120 cm³/mol. The number of carbonyl (C=O) groups excluding carboxylic acids is 2. The minimum atomic E-state index is -4.01. The van der Waals surface area contributed by atoms with Crippen LogP contribution in [0.2, 0.25) is 0 Å². The quantitative estimate of drug-likeness (QED) is 0.499. The van der Waals surface area contributed by atoms with Crippen LogP contribution >= 0.6 is 0 Å². The van der Waals surface area contributed by atoms with Gasteiger partial charge in [-0.25, -0.2) is 32.0 Å². The van der Waals surface area contributed by atoms with Crippen molar-refractivity contribution in [1.82, 2.24) is 34.2 Å². The zero-order valence-electron chi connectivity index (χ0n) is 19.1. The fourth-order valence-electron chi connectivity index (χ4n) is 4.09. The summed E-state index contributed by atoms with van der Waals surface area (Å²) < 4.78 is 46.2. The average Bonchev–Trinajstić information content (AvgIpc) is 3.27.